The average molecular weight is 275 g/mol. The van der Waals surface area contributed by atoms with Gasteiger partial charge >= 0.3 is 0 Å². The molecule has 0 unspecified atom stereocenters. The van der Waals surface area contributed by atoms with E-state index in [-0.39, 0.29) is 11.7 Å². The average Bonchev–Trinajstić information content (AvgIpc) is 2.39. The summed E-state index contributed by atoms with van der Waals surface area (Å²) in [5, 5.41) is 2.81. The topological polar surface area (TPSA) is 29.1 Å². The lowest BCUT2D eigenvalue weighted by Crippen LogP contribution is -2.41. The molecule has 1 amide bonds. The molecule has 0 saturated heterocycles. The number of halogens is 2. The van der Waals surface area contributed by atoms with Crippen molar-refractivity contribution in [1.82, 2.24) is 5.32 Å². The van der Waals surface area contributed by atoms with Crippen LogP contribution in [0.2, 0.25) is 0 Å². The maximum absolute atomic E-state index is 13.2. The molecule has 0 aromatic heterocycles. The number of nitrogens with one attached hydrogen (secondary N) is 1. The fourth-order valence-electron chi connectivity index (χ4n) is 1.91. The van der Waals surface area contributed by atoms with Crippen LogP contribution in [0, 0.1) is 11.6 Å². The molecule has 2 nitrogen and oxygen atoms in total. The van der Waals surface area contributed by atoms with Crippen molar-refractivity contribution in [2.45, 2.75) is 19.4 Å². The summed E-state index contributed by atoms with van der Waals surface area (Å²) in [5.74, 6) is -1.09. The van der Waals surface area contributed by atoms with Gasteiger partial charge < -0.3 is 5.32 Å². The third kappa shape index (κ3) is 3.20. The van der Waals surface area contributed by atoms with Gasteiger partial charge in [-0.15, -0.1) is 0 Å². The predicted molar refractivity (Wildman–Crippen MR) is 73.3 cm³/mol. The Hall–Kier alpha value is -2.23. The fraction of sp³-hybridized carbons (Fsp3) is 0.188. The first-order valence-electron chi connectivity index (χ1n) is 6.22. The van der Waals surface area contributed by atoms with Crippen LogP contribution in [0.4, 0.5) is 8.78 Å². The van der Waals surface area contributed by atoms with Crippen LogP contribution in [0.3, 0.4) is 0 Å². The number of rotatable bonds is 3. The van der Waals surface area contributed by atoms with E-state index in [1.165, 1.54) is 36.4 Å². The van der Waals surface area contributed by atoms with E-state index in [9.17, 15) is 13.6 Å². The van der Waals surface area contributed by atoms with Crippen LogP contribution in [-0.2, 0) is 5.54 Å². The Morgan fingerprint density at radius 2 is 1.65 bits per heavy atom. The molecule has 0 bridgehead atoms. The van der Waals surface area contributed by atoms with Crippen LogP contribution in [0.1, 0.15) is 29.8 Å². The molecule has 4 heteroatoms. The smallest absolute Gasteiger partial charge is 0.251 e. The zero-order valence-electron chi connectivity index (χ0n) is 11.3. The standard InChI is InChI=1S/C16H15F2NO/c1-16(2,12-4-3-5-14(18)10-12)19-15(20)11-6-8-13(17)9-7-11/h3-10H,1-2H3,(H,19,20). The van der Waals surface area contributed by atoms with Gasteiger partial charge in [-0.05, 0) is 55.8 Å². The second kappa shape index (κ2) is 5.41. The third-order valence-corrected chi connectivity index (χ3v) is 3.08. The van der Waals surface area contributed by atoms with E-state index in [0.717, 1.165) is 0 Å². The Bertz CT molecular complexity index is 621. The normalized spacial score (nSPS) is 11.2. The SMILES string of the molecule is CC(C)(NC(=O)c1ccc(F)cc1)c1cccc(F)c1. The maximum atomic E-state index is 13.2. The summed E-state index contributed by atoms with van der Waals surface area (Å²) in [7, 11) is 0. The van der Waals surface area contributed by atoms with Crippen LogP contribution in [0.15, 0.2) is 48.5 Å². The molecule has 0 aliphatic carbocycles. The number of hydrogen-bond acceptors (Lipinski definition) is 1. The number of carbonyl (C=O) groups excluding carboxylic acids is 1. The molecular formula is C16H15F2NO. The second-order valence-corrected chi connectivity index (χ2v) is 5.10. The van der Waals surface area contributed by atoms with E-state index in [1.807, 2.05) is 0 Å². The molecule has 2 aromatic carbocycles. The summed E-state index contributed by atoms with van der Waals surface area (Å²) in [6, 6.07) is 11.3. The largest absolute Gasteiger partial charge is 0.343 e. The Labute approximate surface area is 116 Å². The quantitative estimate of drug-likeness (QED) is 0.910. The van der Waals surface area contributed by atoms with Gasteiger partial charge in [0, 0.05) is 5.56 Å². The molecule has 0 saturated carbocycles. The van der Waals surface area contributed by atoms with Crippen LogP contribution in [-0.4, -0.2) is 5.91 Å². The molecule has 1 N–H and O–H groups in total. The monoisotopic (exact) mass is 275 g/mol. The van der Waals surface area contributed by atoms with Gasteiger partial charge in [-0.25, -0.2) is 8.78 Å². The molecule has 0 radical (unpaired) electrons. The van der Waals surface area contributed by atoms with Crippen LogP contribution >= 0.6 is 0 Å². The summed E-state index contributed by atoms with van der Waals surface area (Å²) >= 11 is 0. The van der Waals surface area contributed by atoms with Crippen molar-refractivity contribution in [2.75, 3.05) is 0 Å². The van der Waals surface area contributed by atoms with E-state index < -0.39 is 11.4 Å². The summed E-state index contributed by atoms with van der Waals surface area (Å²) in [4.78, 5) is 12.1. The second-order valence-electron chi connectivity index (χ2n) is 5.10. The van der Waals surface area contributed by atoms with E-state index in [1.54, 1.807) is 26.0 Å². The van der Waals surface area contributed by atoms with Gasteiger partial charge in [-0.3, -0.25) is 4.79 Å². The van der Waals surface area contributed by atoms with Crippen LogP contribution < -0.4 is 5.32 Å². The number of hydrogen-bond donors (Lipinski definition) is 1. The number of carbonyl (C=O) groups is 1. The zero-order chi connectivity index (χ0) is 14.8. The predicted octanol–water partition coefficient (Wildman–Crippen LogP) is 3.63. The van der Waals surface area contributed by atoms with E-state index in [0.29, 0.717) is 11.1 Å². The van der Waals surface area contributed by atoms with Gasteiger partial charge in [0.15, 0.2) is 0 Å². The molecule has 0 atom stereocenters. The molecule has 0 heterocycles. The van der Waals surface area contributed by atoms with Gasteiger partial charge in [0.25, 0.3) is 5.91 Å². The summed E-state index contributed by atoms with van der Waals surface area (Å²) < 4.78 is 26.1. The van der Waals surface area contributed by atoms with Gasteiger partial charge in [-0.1, -0.05) is 12.1 Å². The highest BCUT2D eigenvalue weighted by molar-refractivity contribution is 5.94. The molecule has 2 aromatic rings. The first kappa shape index (κ1) is 14.2. The first-order chi connectivity index (χ1) is 9.38. The summed E-state index contributed by atoms with van der Waals surface area (Å²) in [6.07, 6.45) is 0. The molecule has 0 aliphatic rings. The Morgan fingerprint density at radius 3 is 2.25 bits per heavy atom. The van der Waals surface area contributed by atoms with Crippen molar-refractivity contribution >= 4 is 5.91 Å². The summed E-state index contributed by atoms with van der Waals surface area (Å²) in [6.45, 7) is 3.56. The van der Waals surface area contributed by atoms with E-state index in [4.69, 9.17) is 0 Å². The van der Waals surface area contributed by atoms with Crippen molar-refractivity contribution in [1.29, 1.82) is 0 Å². The van der Waals surface area contributed by atoms with Crippen molar-refractivity contribution < 1.29 is 13.6 Å². The molecule has 0 spiro atoms. The minimum atomic E-state index is -0.729. The van der Waals surface area contributed by atoms with Gasteiger partial charge in [0.2, 0.25) is 0 Å². The Balaban J connectivity index is 2.19. The molecule has 104 valence electrons. The minimum absolute atomic E-state index is 0.334. The van der Waals surface area contributed by atoms with Gasteiger partial charge in [0.1, 0.15) is 11.6 Å². The highest BCUT2D eigenvalue weighted by atomic mass is 19.1. The van der Waals surface area contributed by atoms with Crippen molar-refractivity contribution in [2.24, 2.45) is 0 Å². The van der Waals surface area contributed by atoms with Crippen molar-refractivity contribution in [3.05, 3.63) is 71.3 Å². The molecule has 20 heavy (non-hydrogen) atoms. The van der Waals surface area contributed by atoms with Gasteiger partial charge in [-0.2, -0.15) is 0 Å². The minimum Gasteiger partial charge on any atom is -0.343 e. The number of benzene rings is 2. The lowest BCUT2D eigenvalue weighted by Gasteiger charge is -2.27. The van der Waals surface area contributed by atoms with E-state index in [2.05, 4.69) is 5.32 Å². The molecular weight excluding hydrogens is 260 g/mol. The maximum Gasteiger partial charge on any atom is 0.251 e. The molecule has 2 rings (SSSR count). The van der Waals surface area contributed by atoms with Crippen LogP contribution in [0.5, 0.6) is 0 Å². The Kier molecular flexibility index (Phi) is 3.84. The zero-order valence-corrected chi connectivity index (χ0v) is 11.3. The highest BCUT2D eigenvalue weighted by Gasteiger charge is 2.23. The van der Waals surface area contributed by atoms with Gasteiger partial charge in [0.05, 0.1) is 5.54 Å². The van der Waals surface area contributed by atoms with E-state index >= 15 is 0 Å². The third-order valence-electron chi connectivity index (χ3n) is 3.08. The van der Waals surface area contributed by atoms with Crippen molar-refractivity contribution in [3.8, 4) is 0 Å². The Morgan fingerprint density at radius 1 is 1.00 bits per heavy atom. The first-order valence-corrected chi connectivity index (χ1v) is 6.22. The molecule has 0 fully saturated rings. The fourth-order valence-corrected chi connectivity index (χ4v) is 1.91. The highest BCUT2D eigenvalue weighted by Crippen LogP contribution is 2.21. The number of amides is 1. The molecule has 0 aliphatic heterocycles. The lowest BCUT2D eigenvalue weighted by molar-refractivity contribution is 0.0912. The lowest BCUT2D eigenvalue weighted by atomic mass is 9.93. The van der Waals surface area contributed by atoms with Crippen LogP contribution in [0.25, 0.3) is 0 Å². The summed E-state index contributed by atoms with van der Waals surface area (Å²) in [5.41, 5.74) is 0.289. The van der Waals surface area contributed by atoms with Crippen molar-refractivity contribution in [3.63, 3.8) is 0 Å².